The molecule has 0 bridgehead atoms. The highest BCUT2D eigenvalue weighted by atomic mass is 35.5. The van der Waals surface area contributed by atoms with E-state index in [9.17, 15) is 14.7 Å². The van der Waals surface area contributed by atoms with E-state index in [-0.39, 0.29) is 16.9 Å². The maximum Gasteiger partial charge on any atom is 0.300 e. The number of anilines is 1. The Hall–Kier alpha value is -3.09. The molecular weight excluding hydrogens is 434 g/mol. The van der Waals surface area contributed by atoms with E-state index in [2.05, 4.69) is 0 Å². The van der Waals surface area contributed by atoms with Crippen LogP contribution in [-0.4, -0.2) is 23.9 Å². The third-order valence-electron chi connectivity index (χ3n) is 5.29. The van der Waals surface area contributed by atoms with E-state index in [1.165, 1.54) is 29.4 Å². The van der Waals surface area contributed by atoms with Gasteiger partial charge in [0.05, 0.1) is 18.2 Å². The molecule has 1 aliphatic heterocycles. The Morgan fingerprint density at radius 2 is 1.90 bits per heavy atom. The molecule has 3 aromatic rings. The summed E-state index contributed by atoms with van der Waals surface area (Å²) in [5.41, 5.74) is 2.75. The largest absolute Gasteiger partial charge is 0.507 e. The van der Waals surface area contributed by atoms with Gasteiger partial charge in [-0.1, -0.05) is 23.7 Å². The third kappa shape index (κ3) is 3.62. The van der Waals surface area contributed by atoms with Crippen LogP contribution >= 0.6 is 22.9 Å². The Morgan fingerprint density at radius 3 is 2.55 bits per heavy atom. The molecule has 1 aliphatic rings. The molecule has 1 atom stereocenters. The summed E-state index contributed by atoms with van der Waals surface area (Å²) >= 11 is 7.58. The molecule has 0 aliphatic carbocycles. The molecule has 0 saturated carbocycles. The van der Waals surface area contributed by atoms with Crippen LogP contribution in [0.2, 0.25) is 5.02 Å². The number of ether oxygens (including phenoxy) is 1. The summed E-state index contributed by atoms with van der Waals surface area (Å²) in [5.74, 6) is -1.40. The highest BCUT2D eigenvalue weighted by molar-refractivity contribution is 7.10. The van der Waals surface area contributed by atoms with Crippen LogP contribution in [0, 0.1) is 13.8 Å². The maximum atomic E-state index is 13.2. The SMILES string of the molecule is COc1ccc(Cl)cc1/C(O)=C1\C(=O)C(=O)N(c2cccc(C)c2)C1c1sccc1C. The number of thiophene rings is 1. The van der Waals surface area contributed by atoms with Crippen LogP contribution in [0.25, 0.3) is 5.76 Å². The molecule has 1 saturated heterocycles. The van der Waals surface area contributed by atoms with Gasteiger partial charge in [0.1, 0.15) is 17.6 Å². The lowest BCUT2D eigenvalue weighted by Gasteiger charge is -2.25. The lowest BCUT2D eigenvalue weighted by molar-refractivity contribution is -0.132. The number of Topliss-reactive ketones (excluding diaryl/α,β-unsaturated/α-hetero) is 1. The summed E-state index contributed by atoms with van der Waals surface area (Å²) in [6.45, 7) is 3.84. The van der Waals surface area contributed by atoms with E-state index in [1.807, 2.05) is 43.5 Å². The molecule has 1 aromatic heterocycles. The van der Waals surface area contributed by atoms with Crippen LogP contribution in [-0.2, 0) is 9.59 Å². The molecular formula is C24H20ClNO4S. The smallest absolute Gasteiger partial charge is 0.300 e. The predicted molar refractivity (Wildman–Crippen MR) is 123 cm³/mol. The van der Waals surface area contributed by atoms with E-state index >= 15 is 0 Å². The number of amides is 1. The van der Waals surface area contributed by atoms with Gasteiger partial charge in [0.25, 0.3) is 11.7 Å². The molecule has 5 nitrogen and oxygen atoms in total. The molecule has 158 valence electrons. The number of rotatable bonds is 4. The molecule has 0 spiro atoms. The fraction of sp³-hybridized carbons (Fsp3) is 0.167. The summed E-state index contributed by atoms with van der Waals surface area (Å²) < 4.78 is 5.36. The van der Waals surface area contributed by atoms with Crippen LogP contribution in [0.4, 0.5) is 5.69 Å². The summed E-state index contributed by atoms with van der Waals surface area (Å²) in [5, 5.41) is 13.5. The number of carbonyl (C=O) groups excluding carboxylic acids is 2. The zero-order valence-corrected chi connectivity index (χ0v) is 18.8. The summed E-state index contributed by atoms with van der Waals surface area (Å²) in [7, 11) is 1.46. The second-order valence-corrected chi connectivity index (χ2v) is 8.70. The fourth-order valence-electron chi connectivity index (χ4n) is 3.80. The van der Waals surface area contributed by atoms with Gasteiger partial charge in [-0.05, 0) is 66.8 Å². The fourth-order valence-corrected chi connectivity index (χ4v) is 5.00. The van der Waals surface area contributed by atoms with E-state index < -0.39 is 17.7 Å². The monoisotopic (exact) mass is 453 g/mol. The Kier molecular flexibility index (Phi) is 5.60. The van der Waals surface area contributed by atoms with E-state index in [1.54, 1.807) is 18.2 Å². The topological polar surface area (TPSA) is 66.8 Å². The first-order valence-electron chi connectivity index (χ1n) is 9.59. The highest BCUT2D eigenvalue weighted by Crippen LogP contribution is 2.45. The summed E-state index contributed by atoms with van der Waals surface area (Å²) in [6.07, 6.45) is 0. The summed E-state index contributed by atoms with van der Waals surface area (Å²) in [6, 6.07) is 13.3. The molecule has 1 fully saturated rings. The number of methoxy groups -OCH3 is 1. The minimum Gasteiger partial charge on any atom is -0.507 e. The highest BCUT2D eigenvalue weighted by Gasteiger charge is 2.48. The van der Waals surface area contributed by atoms with Gasteiger partial charge in [-0.2, -0.15) is 0 Å². The van der Waals surface area contributed by atoms with Crippen molar-refractivity contribution in [2.24, 2.45) is 0 Å². The number of aliphatic hydroxyl groups excluding tert-OH is 1. The first-order valence-corrected chi connectivity index (χ1v) is 10.8. The van der Waals surface area contributed by atoms with Gasteiger partial charge in [0.15, 0.2) is 0 Å². The van der Waals surface area contributed by atoms with Gasteiger partial charge in [-0.15, -0.1) is 11.3 Å². The zero-order chi connectivity index (χ0) is 22.3. The molecule has 0 radical (unpaired) electrons. The predicted octanol–water partition coefficient (Wildman–Crippen LogP) is 5.65. The van der Waals surface area contributed by atoms with Crippen LogP contribution in [0.3, 0.4) is 0 Å². The van der Waals surface area contributed by atoms with Gasteiger partial charge in [0, 0.05) is 15.6 Å². The average molecular weight is 454 g/mol. The quantitative estimate of drug-likeness (QED) is 0.315. The first kappa shape index (κ1) is 21.2. The first-order chi connectivity index (χ1) is 14.8. The van der Waals surface area contributed by atoms with Crippen molar-refractivity contribution in [1.82, 2.24) is 0 Å². The van der Waals surface area contributed by atoms with E-state index in [4.69, 9.17) is 16.3 Å². The van der Waals surface area contributed by atoms with Crippen molar-refractivity contribution in [3.63, 3.8) is 0 Å². The van der Waals surface area contributed by atoms with E-state index in [0.717, 1.165) is 16.0 Å². The lowest BCUT2D eigenvalue weighted by atomic mass is 9.97. The van der Waals surface area contributed by atoms with Gasteiger partial charge in [0.2, 0.25) is 0 Å². The lowest BCUT2D eigenvalue weighted by Crippen LogP contribution is -2.29. The third-order valence-corrected chi connectivity index (χ3v) is 6.60. The number of benzene rings is 2. The van der Waals surface area contributed by atoms with Crippen molar-refractivity contribution >= 4 is 46.1 Å². The number of ketones is 1. The molecule has 1 amide bonds. The van der Waals surface area contributed by atoms with Crippen molar-refractivity contribution in [1.29, 1.82) is 0 Å². The molecule has 2 heterocycles. The van der Waals surface area contributed by atoms with Gasteiger partial charge < -0.3 is 9.84 Å². The van der Waals surface area contributed by atoms with E-state index in [0.29, 0.717) is 16.5 Å². The van der Waals surface area contributed by atoms with Crippen molar-refractivity contribution in [3.05, 3.63) is 86.1 Å². The van der Waals surface area contributed by atoms with Crippen LogP contribution in [0.1, 0.15) is 27.6 Å². The van der Waals surface area contributed by atoms with Crippen molar-refractivity contribution < 1.29 is 19.4 Å². The van der Waals surface area contributed by atoms with Crippen molar-refractivity contribution in [2.75, 3.05) is 12.0 Å². The Labute approximate surface area is 189 Å². The number of aliphatic hydroxyl groups is 1. The number of nitrogens with zero attached hydrogens (tertiary/aromatic N) is 1. The van der Waals surface area contributed by atoms with Crippen molar-refractivity contribution in [2.45, 2.75) is 19.9 Å². The number of hydrogen-bond donors (Lipinski definition) is 1. The second-order valence-electron chi connectivity index (χ2n) is 7.32. The Bertz CT molecular complexity index is 1230. The summed E-state index contributed by atoms with van der Waals surface area (Å²) in [4.78, 5) is 28.7. The number of hydrogen-bond acceptors (Lipinski definition) is 5. The molecule has 4 rings (SSSR count). The maximum absolute atomic E-state index is 13.2. The molecule has 1 N–H and O–H groups in total. The molecule has 31 heavy (non-hydrogen) atoms. The second kappa shape index (κ2) is 8.21. The Morgan fingerprint density at radius 1 is 1.13 bits per heavy atom. The molecule has 7 heteroatoms. The van der Waals surface area contributed by atoms with Crippen LogP contribution < -0.4 is 9.64 Å². The van der Waals surface area contributed by atoms with Crippen molar-refractivity contribution in [3.8, 4) is 5.75 Å². The zero-order valence-electron chi connectivity index (χ0n) is 17.2. The molecule has 1 unspecified atom stereocenters. The number of carbonyl (C=O) groups is 2. The number of halogens is 1. The average Bonchev–Trinajstić information content (AvgIpc) is 3.28. The van der Waals surface area contributed by atoms with Crippen LogP contribution in [0.5, 0.6) is 5.75 Å². The minimum atomic E-state index is -0.759. The standard InChI is InChI=1S/C24H20ClNO4S/c1-13-5-4-6-16(11-13)26-20(23-14(2)9-10-31-23)19(22(28)24(26)29)21(27)17-12-15(25)7-8-18(17)30-3/h4-12,20,27H,1-3H3/b21-19+. The molecule has 2 aromatic carbocycles. The minimum absolute atomic E-state index is 0.0117. The van der Waals surface area contributed by atoms with Crippen LogP contribution in [0.15, 0.2) is 59.5 Å². The van der Waals surface area contributed by atoms with Gasteiger partial charge in [-0.25, -0.2) is 0 Å². The van der Waals surface area contributed by atoms with Gasteiger partial charge in [-0.3, -0.25) is 14.5 Å². The van der Waals surface area contributed by atoms with Gasteiger partial charge >= 0.3 is 0 Å². The normalized spacial score (nSPS) is 17.9. The Balaban J connectivity index is 2.00. The number of aryl methyl sites for hydroxylation is 2.